The van der Waals surface area contributed by atoms with Gasteiger partial charge in [-0.05, 0) is 18.4 Å². The number of hydrogen-bond donors (Lipinski definition) is 2. The van der Waals surface area contributed by atoms with Crippen LogP contribution in [0.15, 0.2) is 30.3 Å². The van der Waals surface area contributed by atoms with Gasteiger partial charge in [-0.2, -0.15) is 0 Å². The molecule has 1 aromatic rings. The van der Waals surface area contributed by atoms with Crippen molar-refractivity contribution in [2.45, 2.75) is 44.4 Å². The molecule has 1 aromatic carbocycles. The van der Waals surface area contributed by atoms with Gasteiger partial charge in [0.2, 0.25) is 6.04 Å². The van der Waals surface area contributed by atoms with Crippen LogP contribution in [-0.2, 0) is 16.1 Å². The van der Waals surface area contributed by atoms with Crippen LogP contribution in [0.1, 0.15) is 31.2 Å². The Morgan fingerprint density at radius 1 is 1.27 bits per heavy atom. The maximum Gasteiger partial charge on any atom is 0.303 e. The maximum absolute atomic E-state index is 10.8. The third kappa shape index (κ3) is 7.14. The zero-order valence-electron chi connectivity index (χ0n) is 12.3. The van der Waals surface area contributed by atoms with E-state index in [0.29, 0.717) is 19.6 Å². The molecule has 7 heteroatoms. The van der Waals surface area contributed by atoms with Crippen molar-refractivity contribution in [1.29, 1.82) is 0 Å². The second-order valence-corrected chi connectivity index (χ2v) is 5.03. The van der Waals surface area contributed by atoms with Gasteiger partial charge in [0.25, 0.3) is 0 Å². The maximum atomic E-state index is 10.8. The summed E-state index contributed by atoms with van der Waals surface area (Å²) in [7, 11) is 0. The Hall–Kier alpha value is -1.99. The van der Waals surface area contributed by atoms with E-state index in [1.54, 1.807) is 0 Å². The Balaban J connectivity index is 2.23. The number of nitro groups is 1. The van der Waals surface area contributed by atoms with Gasteiger partial charge in [0.05, 0.1) is 13.0 Å². The van der Waals surface area contributed by atoms with Gasteiger partial charge in [-0.1, -0.05) is 30.3 Å². The van der Waals surface area contributed by atoms with Gasteiger partial charge in [-0.25, -0.2) is 0 Å². The number of nitrogens with zero attached hydrogens (tertiary/aromatic N) is 1. The number of rotatable bonds is 11. The molecule has 0 aliphatic carbocycles. The van der Waals surface area contributed by atoms with E-state index >= 15 is 0 Å². The zero-order valence-corrected chi connectivity index (χ0v) is 12.3. The summed E-state index contributed by atoms with van der Waals surface area (Å²) in [4.78, 5) is 20.7. The first-order valence-corrected chi connectivity index (χ1v) is 7.15. The van der Waals surface area contributed by atoms with Crippen LogP contribution in [0.5, 0.6) is 0 Å². The van der Waals surface area contributed by atoms with Crippen LogP contribution in [0.3, 0.4) is 0 Å². The largest absolute Gasteiger partial charge is 0.481 e. The van der Waals surface area contributed by atoms with Gasteiger partial charge >= 0.3 is 5.97 Å². The van der Waals surface area contributed by atoms with Crippen molar-refractivity contribution in [2.24, 2.45) is 0 Å². The number of ether oxygens (including phenoxy) is 1. The van der Waals surface area contributed by atoms with Crippen LogP contribution in [-0.4, -0.2) is 39.9 Å². The Morgan fingerprint density at radius 2 is 1.95 bits per heavy atom. The Labute approximate surface area is 128 Å². The number of carbonyl (C=O) groups is 1. The highest BCUT2D eigenvalue weighted by Gasteiger charge is 2.29. The van der Waals surface area contributed by atoms with Gasteiger partial charge in [0, 0.05) is 18.0 Å². The van der Waals surface area contributed by atoms with Crippen LogP contribution in [0.4, 0.5) is 0 Å². The molecule has 2 unspecified atom stereocenters. The number of aliphatic hydroxyl groups excluding tert-OH is 1. The fourth-order valence-corrected chi connectivity index (χ4v) is 2.06. The first-order chi connectivity index (χ1) is 10.5. The summed E-state index contributed by atoms with van der Waals surface area (Å²) in [5.74, 6) is -1.11. The lowest BCUT2D eigenvalue weighted by Crippen LogP contribution is -2.34. The molecule has 0 saturated carbocycles. The summed E-state index contributed by atoms with van der Waals surface area (Å²) in [6.07, 6.45) is -0.970. The fraction of sp³-hybridized carbons (Fsp3) is 0.533. The number of carboxylic acids is 1. The molecule has 0 aliphatic rings. The average Bonchev–Trinajstić information content (AvgIpc) is 2.47. The van der Waals surface area contributed by atoms with E-state index in [0.717, 1.165) is 5.56 Å². The van der Waals surface area contributed by atoms with Crippen LogP contribution in [0.25, 0.3) is 0 Å². The van der Waals surface area contributed by atoms with Gasteiger partial charge in [0.15, 0.2) is 0 Å². The number of aliphatic carboxylic acids is 1. The molecule has 122 valence electrons. The van der Waals surface area contributed by atoms with Gasteiger partial charge in [-0.15, -0.1) is 0 Å². The van der Waals surface area contributed by atoms with Gasteiger partial charge in [-0.3, -0.25) is 14.9 Å². The van der Waals surface area contributed by atoms with Crippen molar-refractivity contribution in [3.63, 3.8) is 0 Å². The van der Waals surface area contributed by atoms with Crippen molar-refractivity contribution in [3.8, 4) is 0 Å². The SMILES string of the molecule is O=C(O)CCC(C(O)CCCOCc1ccccc1)[N+](=O)[O-]. The molecule has 22 heavy (non-hydrogen) atoms. The zero-order chi connectivity index (χ0) is 16.4. The van der Waals surface area contributed by atoms with Crippen LogP contribution >= 0.6 is 0 Å². The highest BCUT2D eigenvalue weighted by molar-refractivity contribution is 5.66. The number of carboxylic acid groups (broad SMARTS) is 1. The van der Waals surface area contributed by atoms with Crippen molar-refractivity contribution in [3.05, 3.63) is 46.0 Å². The molecule has 0 heterocycles. The molecular weight excluding hydrogens is 290 g/mol. The molecule has 2 N–H and O–H groups in total. The van der Waals surface area contributed by atoms with E-state index < -0.39 is 23.0 Å². The highest BCUT2D eigenvalue weighted by Crippen LogP contribution is 2.12. The van der Waals surface area contributed by atoms with Crippen LogP contribution < -0.4 is 0 Å². The highest BCUT2D eigenvalue weighted by atomic mass is 16.6. The predicted octanol–water partition coefficient (Wildman–Crippen LogP) is 1.85. The predicted molar refractivity (Wildman–Crippen MR) is 79.0 cm³/mol. The van der Waals surface area contributed by atoms with E-state index in [9.17, 15) is 20.0 Å². The Morgan fingerprint density at radius 3 is 2.55 bits per heavy atom. The molecule has 0 amide bonds. The minimum atomic E-state index is -1.25. The summed E-state index contributed by atoms with van der Waals surface area (Å²) in [6, 6.07) is 8.35. The van der Waals surface area contributed by atoms with E-state index in [2.05, 4.69) is 0 Å². The molecule has 0 saturated heterocycles. The summed E-state index contributed by atoms with van der Waals surface area (Å²) >= 11 is 0. The number of benzene rings is 1. The van der Waals surface area contributed by atoms with Gasteiger partial charge < -0.3 is 14.9 Å². The molecule has 0 aromatic heterocycles. The van der Waals surface area contributed by atoms with E-state index in [1.165, 1.54) is 0 Å². The van der Waals surface area contributed by atoms with E-state index in [1.807, 2.05) is 30.3 Å². The summed E-state index contributed by atoms with van der Waals surface area (Å²) in [5, 5.41) is 29.2. The summed E-state index contributed by atoms with van der Waals surface area (Å²) < 4.78 is 5.43. The normalized spacial score (nSPS) is 13.5. The smallest absolute Gasteiger partial charge is 0.303 e. The Kier molecular flexibility index (Phi) is 8.09. The quantitative estimate of drug-likeness (QED) is 0.366. The second kappa shape index (κ2) is 9.86. The molecule has 0 bridgehead atoms. The lowest BCUT2D eigenvalue weighted by molar-refractivity contribution is -0.535. The van der Waals surface area contributed by atoms with Crippen LogP contribution in [0, 0.1) is 10.1 Å². The average molecular weight is 311 g/mol. The van der Waals surface area contributed by atoms with Crippen molar-refractivity contribution < 1.29 is 24.7 Å². The molecule has 0 radical (unpaired) electrons. The molecule has 7 nitrogen and oxygen atoms in total. The number of aliphatic hydroxyl groups is 1. The second-order valence-electron chi connectivity index (χ2n) is 5.03. The first-order valence-electron chi connectivity index (χ1n) is 7.15. The molecule has 0 spiro atoms. The molecular formula is C15H21NO6. The van der Waals surface area contributed by atoms with Crippen molar-refractivity contribution >= 4 is 5.97 Å². The molecule has 2 atom stereocenters. The Bertz CT molecular complexity index is 464. The van der Waals surface area contributed by atoms with Gasteiger partial charge in [0.1, 0.15) is 6.10 Å². The standard InChI is InChI=1S/C15H21NO6/c17-14(13(16(20)21)8-9-15(18)19)7-4-10-22-11-12-5-2-1-3-6-12/h1-3,5-6,13-14,17H,4,7-11H2,(H,18,19). The molecule has 1 rings (SSSR count). The lowest BCUT2D eigenvalue weighted by atomic mass is 10.0. The summed E-state index contributed by atoms with van der Waals surface area (Å²) in [5.41, 5.74) is 1.03. The first kappa shape index (κ1) is 18.1. The topological polar surface area (TPSA) is 110 Å². The fourth-order valence-electron chi connectivity index (χ4n) is 2.06. The number of hydrogen-bond acceptors (Lipinski definition) is 5. The third-order valence-electron chi connectivity index (χ3n) is 3.27. The summed E-state index contributed by atoms with van der Waals surface area (Å²) in [6.45, 7) is 0.837. The molecule has 0 aliphatic heterocycles. The molecule has 0 fully saturated rings. The minimum Gasteiger partial charge on any atom is -0.481 e. The van der Waals surface area contributed by atoms with Crippen molar-refractivity contribution in [1.82, 2.24) is 0 Å². The van der Waals surface area contributed by atoms with Crippen LogP contribution in [0.2, 0.25) is 0 Å². The van der Waals surface area contributed by atoms with E-state index in [4.69, 9.17) is 9.84 Å². The lowest BCUT2D eigenvalue weighted by Gasteiger charge is -2.15. The third-order valence-corrected chi connectivity index (χ3v) is 3.27. The minimum absolute atomic E-state index is 0.172. The van der Waals surface area contributed by atoms with E-state index in [-0.39, 0.29) is 19.3 Å². The monoisotopic (exact) mass is 311 g/mol. The van der Waals surface area contributed by atoms with Crippen molar-refractivity contribution in [2.75, 3.05) is 6.61 Å².